The van der Waals surface area contributed by atoms with Crippen LogP contribution in [0.4, 0.5) is 15.5 Å². The van der Waals surface area contributed by atoms with Gasteiger partial charge in [-0.15, -0.1) is 0 Å². The number of anilines is 1. The number of aromatic nitrogens is 2. The number of hydrogen-bond acceptors (Lipinski definition) is 6. The highest BCUT2D eigenvalue weighted by molar-refractivity contribution is 9.10. The van der Waals surface area contributed by atoms with Crippen molar-refractivity contribution in [1.82, 2.24) is 14.9 Å². The van der Waals surface area contributed by atoms with Gasteiger partial charge >= 0.3 is 12.2 Å². The number of piperidine rings is 1. The molecule has 0 radical (unpaired) electrons. The maximum atomic E-state index is 11.1. The molecule has 10 heteroatoms. The molecular weight excluding hydrogens is 408 g/mol. The standard InChI is InChI=1S/C11H15BrN4O2.C5H10O3/c12-8-5-13-10(14-6-8)15-7-9-3-1-2-4-16(9)11(17)18;1-5(2,3)8-4(6)7/h5-6,9H,1-4,7H2,(H,17,18)(H,13,14,15);1-3H3,(H,6,7)/t9-;/m0./s1. The third-order valence-corrected chi connectivity index (χ3v) is 3.79. The van der Waals surface area contributed by atoms with Gasteiger partial charge in [0.1, 0.15) is 5.60 Å². The van der Waals surface area contributed by atoms with E-state index in [0.717, 1.165) is 23.7 Å². The zero-order chi connectivity index (χ0) is 19.7. The van der Waals surface area contributed by atoms with Gasteiger partial charge in [0.2, 0.25) is 5.95 Å². The molecule has 3 N–H and O–H groups in total. The molecule has 1 fully saturated rings. The second-order valence-electron chi connectivity index (χ2n) is 6.71. The molecule has 1 aromatic heterocycles. The lowest BCUT2D eigenvalue weighted by atomic mass is 10.0. The Balaban J connectivity index is 0.000000359. The van der Waals surface area contributed by atoms with Crippen molar-refractivity contribution in [3.63, 3.8) is 0 Å². The third kappa shape index (κ3) is 8.84. The lowest BCUT2D eigenvalue weighted by Gasteiger charge is -2.33. The van der Waals surface area contributed by atoms with Crippen LogP contribution in [0.25, 0.3) is 0 Å². The fourth-order valence-electron chi connectivity index (χ4n) is 2.34. The number of halogens is 1. The minimum Gasteiger partial charge on any atom is -0.465 e. The topological polar surface area (TPSA) is 125 Å². The second-order valence-corrected chi connectivity index (χ2v) is 7.63. The van der Waals surface area contributed by atoms with Crippen LogP contribution in [-0.2, 0) is 4.74 Å². The van der Waals surface area contributed by atoms with Gasteiger partial charge in [-0.05, 0) is 56.0 Å². The Labute approximate surface area is 160 Å². The Hall–Kier alpha value is -2.10. The number of hydrogen-bond donors (Lipinski definition) is 3. The van der Waals surface area contributed by atoms with E-state index in [9.17, 15) is 9.59 Å². The average molecular weight is 433 g/mol. The van der Waals surface area contributed by atoms with Crippen LogP contribution in [0.15, 0.2) is 16.9 Å². The van der Waals surface area contributed by atoms with E-state index in [1.807, 2.05) is 0 Å². The monoisotopic (exact) mass is 432 g/mol. The maximum absolute atomic E-state index is 11.1. The Kier molecular flexibility index (Phi) is 8.56. The van der Waals surface area contributed by atoms with Gasteiger partial charge in [0, 0.05) is 25.5 Å². The van der Waals surface area contributed by atoms with Gasteiger partial charge in [-0.25, -0.2) is 19.6 Å². The van der Waals surface area contributed by atoms with Gasteiger partial charge in [0.05, 0.1) is 10.5 Å². The molecule has 1 amide bonds. The first-order valence-electron chi connectivity index (χ1n) is 8.21. The van der Waals surface area contributed by atoms with Crippen molar-refractivity contribution in [2.75, 3.05) is 18.4 Å². The molecule has 9 nitrogen and oxygen atoms in total. The van der Waals surface area contributed by atoms with Crippen molar-refractivity contribution in [2.24, 2.45) is 0 Å². The Morgan fingerprint density at radius 2 is 1.92 bits per heavy atom. The second kappa shape index (κ2) is 10.1. The number of ether oxygens (including phenoxy) is 1. The van der Waals surface area contributed by atoms with Crippen LogP contribution in [0.5, 0.6) is 0 Å². The fourth-order valence-corrected chi connectivity index (χ4v) is 2.54. The normalized spacial score (nSPS) is 16.9. The highest BCUT2D eigenvalue weighted by Crippen LogP contribution is 2.17. The molecule has 1 aliphatic heterocycles. The minimum atomic E-state index is -1.22. The van der Waals surface area contributed by atoms with E-state index in [4.69, 9.17) is 10.2 Å². The summed E-state index contributed by atoms with van der Waals surface area (Å²) in [5, 5.41) is 20.2. The molecule has 1 aromatic rings. The molecule has 1 aliphatic rings. The molecule has 2 heterocycles. The maximum Gasteiger partial charge on any atom is 0.506 e. The molecule has 1 atom stereocenters. The van der Waals surface area contributed by atoms with Crippen LogP contribution < -0.4 is 5.32 Å². The van der Waals surface area contributed by atoms with Crippen LogP contribution in [0.2, 0.25) is 0 Å². The van der Waals surface area contributed by atoms with Gasteiger partial charge in [-0.1, -0.05) is 0 Å². The molecule has 1 saturated heterocycles. The largest absolute Gasteiger partial charge is 0.506 e. The van der Waals surface area contributed by atoms with Gasteiger partial charge < -0.3 is 25.2 Å². The summed E-state index contributed by atoms with van der Waals surface area (Å²) in [6.45, 7) is 6.21. The summed E-state index contributed by atoms with van der Waals surface area (Å²) in [7, 11) is 0. The van der Waals surface area contributed by atoms with Crippen molar-refractivity contribution in [3.05, 3.63) is 16.9 Å². The molecule has 0 unspecified atom stereocenters. The lowest BCUT2D eigenvalue weighted by molar-refractivity contribution is 0.0150. The molecule has 2 rings (SSSR count). The summed E-state index contributed by atoms with van der Waals surface area (Å²) < 4.78 is 5.17. The highest BCUT2D eigenvalue weighted by atomic mass is 79.9. The summed E-state index contributed by atoms with van der Waals surface area (Å²) in [5.41, 5.74) is -0.578. The minimum absolute atomic E-state index is 0.00324. The van der Waals surface area contributed by atoms with Gasteiger partial charge in [0.25, 0.3) is 0 Å². The number of amides is 1. The van der Waals surface area contributed by atoms with Crippen molar-refractivity contribution in [1.29, 1.82) is 0 Å². The quantitative estimate of drug-likeness (QED) is 0.617. The summed E-state index contributed by atoms with van der Waals surface area (Å²) in [5.74, 6) is 0.522. The van der Waals surface area contributed by atoms with Crippen LogP contribution in [0.3, 0.4) is 0 Å². The number of nitrogens with zero attached hydrogens (tertiary/aromatic N) is 3. The van der Waals surface area contributed by atoms with Crippen molar-refractivity contribution < 1.29 is 24.5 Å². The Bertz CT molecular complexity index is 591. The number of nitrogens with one attached hydrogen (secondary N) is 1. The third-order valence-electron chi connectivity index (χ3n) is 3.38. The van der Waals surface area contributed by atoms with Gasteiger partial charge in [-0.3, -0.25) is 0 Å². The molecule has 0 saturated carbocycles. The lowest BCUT2D eigenvalue weighted by Crippen LogP contribution is -2.46. The number of rotatable bonds is 3. The first-order valence-corrected chi connectivity index (χ1v) is 9.00. The molecule has 26 heavy (non-hydrogen) atoms. The molecule has 0 aliphatic carbocycles. The first kappa shape index (κ1) is 21.9. The fraction of sp³-hybridized carbons (Fsp3) is 0.625. The zero-order valence-electron chi connectivity index (χ0n) is 15.1. The molecule has 146 valence electrons. The number of carboxylic acid groups (broad SMARTS) is 2. The van der Waals surface area contributed by atoms with E-state index >= 15 is 0 Å². The van der Waals surface area contributed by atoms with Crippen molar-refractivity contribution in [3.8, 4) is 0 Å². The summed E-state index contributed by atoms with van der Waals surface area (Å²) in [6.07, 6.45) is 4.14. The average Bonchev–Trinajstić information content (AvgIpc) is 2.53. The predicted octanol–water partition coefficient (Wildman–Crippen LogP) is 3.66. The van der Waals surface area contributed by atoms with Crippen molar-refractivity contribution in [2.45, 2.75) is 51.7 Å². The number of carbonyl (C=O) groups is 2. The molecular formula is C16H25BrN4O5. The Morgan fingerprint density at radius 3 is 2.38 bits per heavy atom. The smallest absolute Gasteiger partial charge is 0.465 e. The van der Waals surface area contributed by atoms with E-state index in [0.29, 0.717) is 19.0 Å². The van der Waals surface area contributed by atoms with E-state index in [2.05, 4.69) is 36.0 Å². The predicted molar refractivity (Wildman–Crippen MR) is 99.5 cm³/mol. The zero-order valence-corrected chi connectivity index (χ0v) is 16.7. The first-order chi connectivity index (χ1) is 12.1. The van der Waals surface area contributed by atoms with Crippen molar-refractivity contribution >= 4 is 34.1 Å². The summed E-state index contributed by atoms with van der Waals surface area (Å²) >= 11 is 3.26. The summed E-state index contributed by atoms with van der Waals surface area (Å²) in [4.78, 5) is 30.6. The van der Waals surface area contributed by atoms with Gasteiger partial charge in [0.15, 0.2) is 0 Å². The summed E-state index contributed by atoms with van der Waals surface area (Å²) in [6, 6.07) is 0.00324. The van der Waals surface area contributed by atoms with Crippen LogP contribution in [-0.4, -0.2) is 62.1 Å². The highest BCUT2D eigenvalue weighted by Gasteiger charge is 2.26. The van der Waals surface area contributed by atoms with E-state index in [1.165, 1.54) is 4.90 Å². The van der Waals surface area contributed by atoms with Crippen LogP contribution in [0.1, 0.15) is 40.0 Å². The SMILES string of the molecule is CC(C)(C)OC(=O)O.O=C(O)N1CCCC[C@H]1CNc1ncc(Br)cn1. The van der Waals surface area contributed by atoms with E-state index < -0.39 is 17.8 Å². The van der Waals surface area contributed by atoms with E-state index in [-0.39, 0.29) is 6.04 Å². The molecule has 0 spiro atoms. The van der Waals surface area contributed by atoms with Crippen LogP contribution >= 0.6 is 15.9 Å². The molecule has 0 bridgehead atoms. The van der Waals surface area contributed by atoms with Crippen LogP contribution in [0, 0.1) is 0 Å². The Morgan fingerprint density at radius 1 is 1.31 bits per heavy atom. The molecule has 0 aromatic carbocycles. The van der Waals surface area contributed by atoms with E-state index in [1.54, 1.807) is 33.2 Å². The number of likely N-dealkylation sites (tertiary alicyclic amines) is 1. The van der Waals surface area contributed by atoms with Gasteiger partial charge in [-0.2, -0.15) is 0 Å².